The van der Waals surface area contributed by atoms with E-state index in [1.165, 1.54) is 18.1 Å². The summed E-state index contributed by atoms with van der Waals surface area (Å²) in [7, 11) is 1.31. The van der Waals surface area contributed by atoms with E-state index in [9.17, 15) is 18.0 Å². The first-order valence-electron chi connectivity index (χ1n) is 10.7. The predicted octanol–water partition coefficient (Wildman–Crippen LogP) is 3.20. The average molecular weight is 449 g/mol. The number of rotatable bonds is 6. The number of hydrogen-bond donors (Lipinski definition) is 1. The Labute approximate surface area is 184 Å². The van der Waals surface area contributed by atoms with Gasteiger partial charge in [0.05, 0.1) is 13.7 Å². The lowest BCUT2D eigenvalue weighted by atomic mass is 9.93. The molecule has 2 aliphatic rings. The number of pyridine rings is 1. The molecule has 0 spiro atoms. The third-order valence-electron chi connectivity index (χ3n) is 6.35. The van der Waals surface area contributed by atoms with E-state index in [0.717, 1.165) is 38.1 Å². The van der Waals surface area contributed by atoms with Gasteiger partial charge in [-0.2, -0.15) is 0 Å². The van der Waals surface area contributed by atoms with Gasteiger partial charge in [-0.05, 0) is 38.1 Å². The highest BCUT2D eigenvalue weighted by Gasteiger charge is 2.37. The van der Waals surface area contributed by atoms with Gasteiger partial charge in [0, 0.05) is 54.7 Å². The van der Waals surface area contributed by atoms with E-state index in [-0.39, 0.29) is 42.6 Å². The van der Waals surface area contributed by atoms with Crippen molar-refractivity contribution in [2.24, 2.45) is 0 Å². The van der Waals surface area contributed by atoms with Gasteiger partial charge in [0.2, 0.25) is 5.91 Å². The molecular weight excluding hydrogens is 423 g/mol. The van der Waals surface area contributed by atoms with E-state index < -0.39 is 29.3 Å². The van der Waals surface area contributed by atoms with Crippen molar-refractivity contribution in [3.8, 4) is 5.75 Å². The first-order valence-corrected chi connectivity index (χ1v) is 10.7. The van der Waals surface area contributed by atoms with E-state index >= 15 is 0 Å². The number of piperidine rings is 1. The van der Waals surface area contributed by atoms with Crippen molar-refractivity contribution in [2.45, 2.75) is 31.1 Å². The lowest BCUT2D eigenvalue weighted by molar-refractivity contribution is -0.117. The number of carbonyl (C=O) groups excluding carboxylic acids is 1. The minimum atomic E-state index is -0.793. The van der Waals surface area contributed by atoms with Crippen LogP contribution >= 0.6 is 0 Å². The Morgan fingerprint density at radius 2 is 1.78 bits per heavy atom. The molecule has 4 rings (SSSR count). The summed E-state index contributed by atoms with van der Waals surface area (Å²) in [5.41, 5.74) is 0.498. The van der Waals surface area contributed by atoms with Crippen LogP contribution < -0.4 is 9.64 Å². The summed E-state index contributed by atoms with van der Waals surface area (Å²) >= 11 is 0. The number of methoxy groups -OCH3 is 1. The van der Waals surface area contributed by atoms with Crippen molar-refractivity contribution in [1.29, 1.82) is 0 Å². The number of aliphatic hydroxyl groups excluding tert-OH is 1. The van der Waals surface area contributed by atoms with E-state index in [2.05, 4.69) is 9.88 Å². The Morgan fingerprint density at radius 1 is 1.09 bits per heavy atom. The van der Waals surface area contributed by atoms with Gasteiger partial charge < -0.3 is 14.7 Å². The summed E-state index contributed by atoms with van der Waals surface area (Å²) in [6, 6.07) is 5.08. The molecule has 6 nitrogen and oxygen atoms in total. The molecule has 2 saturated heterocycles. The van der Waals surface area contributed by atoms with E-state index in [1.807, 2.05) is 0 Å². The van der Waals surface area contributed by atoms with Gasteiger partial charge in [0.25, 0.3) is 0 Å². The molecule has 0 radical (unpaired) electrons. The van der Waals surface area contributed by atoms with Crippen LogP contribution in [0.4, 0.5) is 19.0 Å². The first-order chi connectivity index (χ1) is 15.4. The van der Waals surface area contributed by atoms with Gasteiger partial charge in [0.15, 0.2) is 11.6 Å². The fraction of sp³-hybridized carbons (Fsp3) is 0.478. The van der Waals surface area contributed by atoms with E-state index in [0.29, 0.717) is 12.2 Å². The fourth-order valence-electron chi connectivity index (χ4n) is 4.63. The van der Waals surface area contributed by atoms with Crippen molar-refractivity contribution in [3.05, 3.63) is 53.0 Å². The predicted molar refractivity (Wildman–Crippen MR) is 112 cm³/mol. The van der Waals surface area contributed by atoms with Crippen molar-refractivity contribution in [3.63, 3.8) is 0 Å². The molecule has 9 heteroatoms. The molecule has 172 valence electrons. The number of likely N-dealkylation sites (tertiary alicyclic amines) is 1. The maximum Gasteiger partial charge on any atom is 0.228 e. The normalized spacial score (nSPS) is 20.2. The van der Waals surface area contributed by atoms with Crippen LogP contribution in [0.1, 0.15) is 42.4 Å². The molecule has 0 unspecified atom stereocenters. The van der Waals surface area contributed by atoms with Crippen LogP contribution in [0.3, 0.4) is 0 Å². The molecule has 2 fully saturated rings. The summed E-state index contributed by atoms with van der Waals surface area (Å²) in [5.74, 6) is -3.33. The van der Waals surface area contributed by atoms with Crippen LogP contribution in [-0.4, -0.2) is 60.8 Å². The van der Waals surface area contributed by atoms with Crippen LogP contribution in [0.15, 0.2) is 24.3 Å². The third kappa shape index (κ3) is 4.45. The fourth-order valence-corrected chi connectivity index (χ4v) is 4.63. The van der Waals surface area contributed by atoms with Crippen LogP contribution in [0.25, 0.3) is 0 Å². The van der Waals surface area contributed by atoms with Gasteiger partial charge in [-0.25, -0.2) is 18.2 Å². The highest BCUT2D eigenvalue weighted by molar-refractivity contribution is 5.95. The highest BCUT2D eigenvalue weighted by atomic mass is 19.1. The monoisotopic (exact) mass is 449 g/mol. The zero-order chi connectivity index (χ0) is 22.8. The molecule has 0 saturated carbocycles. The Balaban J connectivity index is 1.54. The summed E-state index contributed by atoms with van der Waals surface area (Å²) in [6.07, 6.45) is 1.50. The molecule has 32 heavy (non-hydrogen) atoms. The first kappa shape index (κ1) is 22.5. The SMILES string of the molecule is COc1cc(F)c([C@H]2CC(=O)N(c3nc(C4CCN(CCO)CC4)ccc3F)C2)c(F)c1. The zero-order valence-corrected chi connectivity index (χ0v) is 17.9. The van der Waals surface area contributed by atoms with Gasteiger partial charge in [0.1, 0.15) is 17.4 Å². The number of hydrogen-bond acceptors (Lipinski definition) is 5. The number of aliphatic hydroxyl groups is 1. The van der Waals surface area contributed by atoms with E-state index in [1.54, 1.807) is 6.07 Å². The maximum atomic E-state index is 14.7. The van der Waals surface area contributed by atoms with Crippen LogP contribution in [0.5, 0.6) is 5.75 Å². The third-order valence-corrected chi connectivity index (χ3v) is 6.35. The molecule has 2 aliphatic heterocycles. The summed E-state index contributed by atoms with van der Waals surface area (Å²) in [5, 5.41) is 9.09. The molecule has 1 N–H and O–H groups in total. The standard InChI is InChI=1S/C23H26F3N3O3/c1-32-16-11-18(25)22(19(26)12-16)15-10-21(31)29(13-15)23-17(24)2-3-20(27-23)14-4-6-28(7-5-14)8-9-30/h2-3,11-12,14-15,30H,4-10,13H2,1H3/t15-/m0/s1. The second-order valence-corrected chi connectivity index (χ2v) is 8.29. The van der Waals surface area contributed by atoms with Crippen molar-refractivity contribution >= 4 is 11.7 Å². The average Bonchev–Trinajstić information content (AvgIpc) is 3.15. The lowest BCUT2D eigenvalue weighted by Crippen LogP contribution is -2.35. The number of amides is 1. The molecule has 3 heterocycles. The number of anilines is 1. The summed E-state index contributed by atoms with van der Waals surface area (Å²) in [4.78, 5) is 20.5. The van der Waals surface area contributed by atoms with Crippen molar-refractivity contribution in [2.75, 3.05) is 44.8 Å². The van der Waals surface area contributed by atoms with Crippen molar-refractivity contribution < 1.29 is 27.8 Å². The number of benzene rings is 1. The van der Waals surface area contributed by atoms with Crippen LogP contribution in [-0.2, 0) is 4.79 Å². The molecule has 1 aromatic heterocycles. The number of ether oxygens (including phenoxy) is 1. The second kappa shape index (κ2) is 9.46. The van der Waals surface area contributed by atoms with Gasteiger partial charge in [-0.3, -0.25) is 9.69 Å². The molecule has 1 amide bonds. The number of aromatic nitrogens is 1. The zero-order valence-electron chi connectivity index (χ0n) is 17.9. The van der Waals surface area contributed by atoms with Gasteiger partial charge in [-0.15, -0.1) is 0 Å². The summed E-state index contributed by atoms with van der Waals surface area (Å²) in [6.45, 7) is 2.29. The lowest BCUT2D eigenvalue weighted by Gasteiger charge is -2.31. The molecule has 1 aromatic carbocycles. The smallest absolute Gasteiger partial charge is 0.228 e. The van der Waals surface area contributed by atoms with Crippen LogP contribution in [0, 0.1) is 17.5 Å². The molecule has 1 atom stereocenters. The highest BCUT2D eigenvalue weighted by Crippen LogP contribution is 2.37. The van der Waals surface area contributed by atoms with E-state index in [4.69, 9.17) is 9.84 Å². The quantitative estimate of drug-likeness (QED) is 0.734. The Kier molecular flexibility index (Phi) is 6.66. The second-order valence-electron chi connectivity index (χ2n) is 8.29. The number of nitrogens with zero attached hydrogens (tertiary/aromatic N) is 3. The molecule has 0 aliphatic carbocycles. The largest absolute Gasteiger partial charge is 0.497 e. The molecular formula is C23H26F3N3O3. The van der Waals surface area contributed by atoms with Gasteiger partial charge >= 0.3 is 0 Å². The Hall–Kier alpha value is -2.65. The van der Waals surface area contributed by atoms with Crippen molar-refractivity contribution in [1.82, 2.24) is 9.88 Å². The summed E-state index contributed by atoms with van der Waals surface area (Å²) < 4.78 is 48.6. The molecule has 2 aromatic rings. The number of carbonyl (C=O) groups is 1. The van der Waals surface area contributed by atoms with Crippen LogP contribution in [0.2, 0.25) is 0 Å². The Morgan fingerprint density at radius 3 is 2.41 bits per heavy atom. The minimum Gasteiger partial charge on any atom is -0.497 e. The van der Waals surface area contributed by atoms with Gasteiger partial charge in [-0.1, -0.05) is 0 Å². The maximum absolute atomic E-state index is 14.7. The topological polar surface area (TPSA) is 65.9 Å². The number of halogens is 3. The number of β-amino-alcohol motifs (C(OH)–C–C–N with tert-alkyl or cyclic N) is 1. The Bertz CT molecular complexity index is 973. The minimum absolute atomic E-state index is 0.0513. The molecule has 0 bridgehead atoms.